The molecule has 2 nitrogen and oxygen atoms in total. The van der Waals surface area contributed by atoms with Crippen molar-refractivity contribution in [2.75, 3.05) is 6.61 Å². The summed E-state index contributed by atoms with van der Waals surface area (Å²) in [4.78, 5) is 5.31. The summed E-state index contributed by atoms with van der Waals surface area (Å²) in [6.07, 6.45) is 3.06. The van der Waals surface area contributed by atoms with E-state index < -0.39 is 0 Å². The van der Waals surface area contributed by atoms with Crippen LogP contribution >= 0.6 is 11.3 Å². The number of hydrogen-bond acceptors (Lipinski definition) is 3. The SMILES string of the molecule is OCCc1cnc(Cc2cccc(F)c2)s1. The zero-order chi connectivity index (χ0) is 11.4. The Morgan fingerprint density at radius 3 is 3.00 bits per heavy atom. The molecule has 0 saturated carbocycles. The van der Waals surface area contributed by atoms with Crippen LogP contribution in [-0.4, -0.2) is 16.7 Å². The molecule has 84 valence electrons. The molecular formula is C12H12FNOS. The first-order valence-corrected chi connectivity index (χ1v) is 5.88. The van der Waals surface area contributed by atoms with Gasteiger partial charge in [0.15, 0.2) is 0 Å². The maximum Gasteiger partial charge on any atom is 0.123 e. The van der Waals surface area contributed by atoms with Gasteiger partial charge in [-0.3, -0.25) is 0 Å². The number of halogens is 1. The van der Waals surface area contributed by atoms with Crippen molar-refractivity contribution in [2.24, 2.45) is 0 Å². The molecule has 0 amide bonds. The summed E-state index contributed by atoms with van der Waals surface area (Å²) in [5.74, 6) is -0.218. The van der Waals surface area contributed by atoms with E-state index in [-0.39, 0.29) is 12.4 Å². The topological polar surface area (TPSA) is 33.1 Å². The van der Waals surface area contributed by atoms with E-state index in [0.29, 0.717) is 12.8 Å². The van der Waals surface area contributed by atoms with Gasteiger partial charge in [-0.2, -0.15) is 0 Å². The smallest absolute Gasteiger partial charge is 0.123 e. The average molecular weight is 237 g/mol. The monoisotopic (exact) mass is 237 g/mol. The fourth-order valence-corrected chi connectivity index (χ4v) is 2.42. The Bertz CT molecular complexity index is 470. The Labute approximate surface area is 97.4 Å². The molecule has 0 saturated heterocycles. The lowest BCUT2D eigenvalue weighted by atomic mass is 10.1. The van der Waals surface area contributed by atoms with Crippen LogP contribution in [0, 0.1) is 5.82 Å². The Balaban J connectivity index is 2.08. The first kappa shape index (κ1) is 11.2. The van der Waals surface area contributed by atoms with Crippen LogP contribution in [0.1, 0.15) is 15.4 Å². The Kier molecular flexibility index (Phi) is 3.64. The Morgan fingerprint density at radius 1 is 1.38 bits per heavy atom. The van der Waals surface area contributed by atoms with Crippen LogP contribution in [0.4, 0.5) is 4.39 Å². The number of aliphatic hydroxyl groups excluding tert-OH is 1. The van der Waals surface area contributed by atoms with Gasteiger partial charge >= 0.3 is 0 Å². The number of aromatic nitrogens is 1. The number of nitrogens with zero attached hydrogens (tertiary/aromatic N) is 1. The van der Waals surface area contributed by atoms with E-state index in [2.05, 4.69) is 4.98 Å². The van der Waals surface area contributed by atoms with E-state index >= 15 is 0 Å². The van der Waals surface area contributed by atoms with E-state index in [1.54, 1.807) is 23.6 Å². The van der Waals surface area contributed by atoms with Crippen molar-refractivity contribution < 1.29 is 9.50 Å². The molecule has 1 aromatic heterocycles. The quantitative estimate of drug-likeness (QED) is 0.885. The lowest BCUT2D eigenvalue weighted by Crippen LogP contribution is -1.87. The molecule has 0 aliphatic heterocycles. The molecular weight excluding hydrogens is 225 g/mol. The van der Waals surface area contributed by atoms with Crippen LogP contribution in [-0.2, 0) is 12.8 Å². The molecule has 0 aliphatic rings. The van der Waals surface area contributed by atoms with Crippen molar-refractivity contribution in [2.45, 2.75) is 12.8 Å². The largest absolute Gasteiger partial charge is 0.396 e. The summed E-state index contributed by atoms with van der Waals surface area (Å²) >= 11 is 1.56. The second-order valence-electron chi connectivity index (χ2n) is 3.50. The fraction of sp³-hybridized carbons (Fsp3) is 0.250. The highest BCUT2D eigenvalue weighted by Crippen LogP contribution is 2.17. The summed E-state index contributed by atoms with van der Waals surface area (Å²) in [5.41, 5.74) is 0.921. The summed E-state index contributed by atoms with van der Waals surface area (Å²) < 4.78 is 12.9. The van der Waals surface area contributed by atoms with Crippen molar-refractivity contribution in [1.29, 1.82) is 0 Å². The van der Waals surface area contributed by atoms with E-state index in [4.69, 9.17) is 5.11 Å². The summed E-state index contributed by atoms with van der Waals surface area (Å²) in [5, 5.41) is 9.74. The normalized spacial score (nSPS) is 10.6. The van der Waals surface area contributed by atoms with E-state index in [9.17, 15) is 4.39 Å². The third-order valence-electron chi connectivity index (χ3n) is 2.20. The van der Waals surface area contributed by atoms with Crippen molar-refractivity contribution in [3.63, 3.8) is 0 Å². The lowest BCUT2D eigenvalue weighted by molar-refractivity contribution is 0.300. The molecule has 1 aromatic carbocycles. The second kappa shape index (κ2) is 5.18. The van der Waals surface area contributed by atoms with Gasteiger partial charge < -0.3 is 5.11 Å². The van der Waals surface area contributed by atoms with Crippen LogP contribution in [0.25, 0.3) is 0 Å². The van der Waals surface area contributed by atoms with Crippen molar-refractivity contribution in [3.05, 3.63) is 51.7 Å². The van der Waals surface area contributed by atoms with Crippen LogP contribution in [0.5, 0.6) is 0 Å². The molecule has 4 heteroatoms. The molecule has 0 radical (unpaired) electrons. The minimum atomic E-state index is -0.218. The highest BCUT2D eigenvalue weighted by molar-refractivity contribution is 7.11. The third kappa shape index (κ3) is 2.87. The van der Waals surface area contributed by atoms with Crippen molar-refractivity contribution in [3.8, 4) is 0 Å². The van der Waals surface area contributed by atoms with Gasteiger partial charge in [-0.05, 0) is 17.7 Å². The zero-order valence-corrected chi connectivity index (χ0v) is 9.51. The average Bonchev–Trinajstić information content (AvgIpc) is 2.66. The highest BCUT2D eigenvalue weighted by atomic mass is 32.1. The third-order valence-corrected chi connectivity index (χ3v) is 3.26. The Morgan fingerprint density at radius 2 is 2.25 bits per heavy atom. The predicted molar refractivity (Wildman–Crippen MR) is 62.1 cm³/mol. The minimum absolute atomic E-state index is 0.140. The summed E-state index contributed by atoms with van der Waals surface area (Å²) in [7, 11) is 0. The fourth-order valence-electron chi connectivity index (χ4n) is 1.48. The number of aliphatic hydroxyl groups is 1. The molecule has 0 aliphatic carbocycles. The Hall–Kier alpha value is -1.26. The molecule has 0 fully saturated rings. The summed E-state index contributed by atoms with van der Waals surface area (Å²) in [6, 6.07) is 6.54. The molecule has 0 spiro atoms. The van der Waals surface area contributed by atoms with Crippen LogP contribution < -0.4 is 0 Å². The van der Waals surface area contributed by atoms with E-state index in [0.717, 1.165) is 15.4 Å². The predicted octanol–water partition coefficient (Wildman–Crippen LogP) is 2.41. The van der Waals surface area contributed by atoms with Crippen LogP contribution in [0.2, 0.25) is 0 Å². The number of thiazole rings is 1. The van der Waals surface area contributed by atoms with Gasteiger partial charge in [-0.15, -0.1) is 11.3 Å². The molecule has 1 N–H and O–H groups in total. The van der Waals surface area contributed by atoms with Gasteiger partial charge in [0, 0.05) is 30.5 Å². The number of rotatable bonds is 4. The molecule has 2 rings (SSSR count). The number of hydrogen-bond donors (Lipinski definition) is 1. The maximum atomic E-state index is 12.9. The lowest BCUT2D eigenvalue weighted by Gasteiger charge is -1.97. The molecule has 16 heavy (non-hydrogen) atoms. The van der Waals surface area contributed by atoms with Gasteiger partial charge in [0.1, 0.15) is 5.82 Å². The first-order valence-electron chi connectivity index (χ1n) is 5.07. The summed E-state index contributed by atoms with van der Waals surface area (Å²) in [6.45, 7) is 0.140. The van der Waals surface area contributed by atoms with Crippen LogP contribution in [0.15, 0.2) is 30.5 Å². The van der Waals surface area contributed by atoms with Gasteiger partial charge in [-0.25, -0.2) is 9.37 Å². The van der Waals surface area contributed by atoms with Crippen molar-refractivity contribution in [1.82, 2.24) is 4.98 Å². The molecule has 0 atom stereocenters. The zero-order valence-electron chi connectivity index (χ0n) is 8.69. The van der Waals surface area contributed by atoms with Crippen molar-refractivity contribution >= 4 is 11.3 Å². The maximum absolute atomic E-state index is 12.9. The van der Waals surface area contributed by atoms with E-state index in [1.807, 2.05) is 6.07 Å². The second-order valence-corrected chi connectivity index (χ2v) is 4.70. The molecule has 0 unspecified atom stereocenters. The number of benzene rings is 1. The van der Waals surface area contributed by atoms with E-state index in [1.165, 1.54) is 12.1 Å². The highest BCUT2D eigenvalue weighted by Gasteiger charge is 2.03. The van der Waals surface area contributed by atoms with Gasteiger partial charge in [0.25, 0.3) is 0 Å². The van der Waals surface area contributed by atoms with Gasteiger partial charge in [0.2, 0.25) is 0 Å². The molecule has 1 heterocycles. The first-order chi connectivity index (χ1) is 7.78. The molecule has 0 bridgehead atoms. The van der Waals surface area contributed by atoms with Gasteiger partial charge in [0.05, 0.1) is 5.01 Å². The standard InChI is InChI=1S/C12H12FNOS/c13-10-3-1-2-9(6-10)7-12-14-8-11(16-12)4-5-15/h1-3,6,8,15H,4-5,7H2. The van der Waals surface area contributed by atoms with Crippen LogP contribution in [0.3, 0.4) is 0 Å². The minimum Gasteiger partial charge on any atom is -0.396 e. The van der Waals surface area contributed by atoms with Gasteiger partial charge in [-0.1, -0.05) is 12.1 Å². The molecule has 2 aromatic rings.